The van der Waals surface area contributed by atoms with Crippen LogP contribution in [-0.2, 0) is 16.0 Å². The number of phenols is 1. The lowest BCUT2D eigenvalue weighted by atomic mass is 10.1. The van der Waals surface area contributed by atoms with Crippen LogP contribution in [0.2, 0.25) is 0 Å². The van der Waals surface area contributed by atoms with E-state index in [0.717, 1.165) is 37.2 Å². The summed E-state index contributed by atoms with van der Waals surface area (Å²) in [5, 5.41) is 9.69. The zero-order valence-electron chi connectivity index (χ0n) is 16.5. The molecule has 2 amide bonds. The molecule has 4 rings (SSSR count). The number of anilines is 1. The zero-order valence-corrected chi connectivity index (χ0v) is 16.5. The fourth-order valence-corrected chi connectivity index (χ4v) is 4.28. The predicted molar refractivity (Wildman–Crippen MR) is 112 cm³/mol. The van der Waals surface area contributed by atoms with Crippen LogP contribution in [0, 0.1) is 0 Å². The molecule has 0 aromatic heterocycles. The van der Waals surface area contributed by atoms with Gasteiger partial charge in [-0.05, 0) is 30.5 Å². The van der Waals surface area contributed by atoms with Crippen molar-refractivity contribution in [3.05, 3.63) is 60.2 Å². The molecule has 2 aromatic carbocycles. The Morgan fingerprint density at radius 3 is 2.41 bits per heavy atom. The number of phenolic OH excluding ortho intramolecular Hbond substituents is 1. The number of aromatic hydroxyl groups is 1. The monoisotopic (exact) mass is 393 g/mol. The molecule has 29 heavy (non-hydrogen) atoms. The molecule has 0 spiro atoms. The Labute approximate surface area is 171 Å². The molecule has 2 heterocycles. The molecule has 0 aliphatic carbocycles. The van der Waals surface area contributed by atoms with E-state index in [-0.39, 0.29) is 23.6 Å². The van der Waals surface area contributed by atoms with Crippen molar-refractivity contribution in [3.63, 3.8) is 0 Å². The van der Waals surface area contributed by atoms with E-state index in [0.29, 0.717) is 26.1 Å². The van der Waals surface area contributed by atoms with Crippen LogP contribution in [0.15, 0.2) is 54.6 Å². The smallest absolute Gasteiger partial charge is 0.245 e. The van der Waals surface area contributed by atoms with Crippen molar-refractivity contribution in [2.45, 2.75) is 25.3 Å². The Balaban J connectivity index is 1.36. The van der Waals surface area contributed by atoms with Crippen molar-refractivity contribution >= 4 is 17.5 Å². The van der Waals surface area contributed by atoms with Gasteiger partial charge < -0.3 is 19.8 Å². The number of hydrogen-bond donors (Lipinski definition) is 1. The molecule has 1 atom stereocenters. The van der Waals surface area contributed by atoms with Crippen molar-refractivity contribution in [1.82, 2.24) is 9.80 Å². The second-order valence-electron chi connectivity index (χ2n) is 7.74. The SMILES string of the molecule is O=C(C1CCCN1C(=O)Cc1ccccc1)N1CCN(c2cccc(O)c2)CC1. The van der Waals surface area contributed by atoms with Gasteiger partial charge in [0.2, 0.25) is 11.8 Å². The highest BCUT2D eigenvalue weighted by Gasteiger charge is 2.37. The minimum atomic E-state index is -0.335. The highest BCUT2D eigenvalue weighted by Crippen LogP contribution is 2.24. The number of likely N-dealkylation sites (tertiary alicyclic amines) is 1. The number of hydrogen-bond acceptors (Lipinski definition) is 4. The van der Waals surface area contributed by atoms with E-state index in [4.69, 9.17) is 0 Å². The number of rotatable bonds is 4. The van der Waals surface area contributed by atoms with Crippen LogP contribution >= 0.6 is 0 Å². The molecular weight excluding hydrogens is 366 g/mol. The molecule has 1 N–H and O–H groups in total. The topological polar surface area (TPSA) is 64.1 Å². The fraction of sp³-hybridized carbons (Fsp3) is 0.391. The van der Waals surface area contributed by atoms with Crippen molar-refractivity contribution in [2.24, 2.45) is 0 Å². The first kappa shape index (κ1) is 19.3. The molecule has 2 aromatic rings. The molecule has 2 aliphatic heterocycles. The fourth-order valence-electron chi connectivity index (χ4n) is 4.28. The van der Waals surface area contributed by atoms with Crippen molar-refractivity contribution in [1.29, 1.82) is 0 Å². The molecule has 6 heteroatoms. The van der Waals surface area contributed by atoms with E-state index in [9.17, 15) is 14.7 Å². The summed E-state index contributed by atoms with van der Waals surface area (Å²) in [7, 11) is 0. The number of nitrogens with zero attached hydrogens (tertiary/aromatic N) is 3. The second kappa shape index (κ2) is 8.55. The standard InChI is InChI=1S/C23H27N3O3/c27-20-9-4-8-19(17-20)24-12-14-25(15-13-24)23(29)21-10-5-11-26(21)22(28)16-18-6-2-1-3-7-18/h1-4,6-9,17,21,27H,5,10-16H2. The van der Waals surface area contributed by atoms with E-state index in [1.807, 2.05) is 47.4 Å². The quantitative estimate of drug-likeness (QED) is 0.866. The van der Waals surface area contributed by atoms with Crippen LogP contribution in [0.3, 0.4) is 0 Å². The summed E-state index contributed by atoms with van der Waals surface area (Å²) in [6.45, 7) is 3.36. The van der Waals surface area contributed by atoms with Crippen LogP contribution in [0.25, 0.3) is 0 Å². The molecular formula is C23H27N3O3. The molecule has 152 valence electrons. The summed E-state index contributed by atoms with van der Waals surface area (Å²) in [5.74, 6) is 0.351. The van der Waals surface area contributed by atoms with E-state index in [1.54, 1.807) is 17.0 Å². The maximum atomic E-state index is 13.1. The van der Waals surface area contributed by atoms with Gasteiger partial charge in [-0.25, -0.2) is 0 Å². The number of carbonyl (C=O) groups is 2. The summed E-state index contributed by atoms with van der Waals surface area (Å²) in [4.78, 5) is 31.8. The Morgan fingerprint density at radius 2 is 1.69 bits per heavy atom. The van der Waals surface area contributed by atoms with Crippen LogP contribution in [0.1, 0.15) is 18.4 Å². The Bertz CT molecular complexity index is 863. The third kappa shape index (κ3) is 4.36. The maximum Gasteiger partial charge on any atom is 0.245 e. The Hall–Kier alpha value is -3.02. The molecule has 0 saturated carbocycles. The number of amides is 2. The molecule has 2 saturated heterocycles. The summed E-state index contributed by atoms with van der Waals surface area (Å²) in [6, 6.07) is 16.6. The number of benzene rings is 2. The van der Waals surface area contributed by atoms with Gasteiger partial charge in [-0.1, -0.05) is 36.4 Å². The molecule has 0 bridgehead atoms. The largest absolute Gasteiger partial charge is 0.508 e. The molecule has 2 aliphatic rings. The van der Waals surface area contributed by atoms with Gasteiger partial charge >= 0.3 is 0 Å². The first-order chi connectivity index (χ1) is 14.1. The van der Waals surface area contributed by atoms with Crippen molar-refractivity contribution in [2.75, 3.05) is 37.6 Å². The molecule has 0 radical (unpaired) electrons. The van der Waals surface area contributed by atoms with Gasteiger partial charge in [0, 0.05) is 44.5 Å². The van der Waals surface area contributed by atoms with E-state index >= 15 is 0 Å². The summed E-state index contributed by atoms with van der Waals surface area (Å²) >= 11 is 0. The third-order valence-corrected chi connectivity index (χ3v) is 5.84. The lowest BCUT2D eigenvalue weighted by Gasteiger charge is -2.38. The van der Waals surface area contributed by atoms with E-state index in [2.05, 4.69) is 4.90 Å². The van der Waals surface area contributed by atoms with Gasteiger partial charge in [-0.3, -0.25) is 9.59 Å². The zero-order chi connectivity index (χ0) is 20.2. The lowest BCUT2D eigenvalue weighted by molar-refractivity contribution is -0.143. The minimum absolute atomic E-state index is 0.0328. The Morgan fingerprint density at radius 1 is 0.931 bits per heavy atom. The lowest BCUT2D eigenvalue weighted by Crippen LogP contribution is -2.54. The average molecular weight is 393 g/mol. The highest BCUT2D eigenvalue weighted by atomic mass is 16.3. The van der Waals surface area contributed by atoms with Crippen LogP contribution in [0.4, 0.5) is 5.69 Å². The van der Waals surface area contributed by atoms with Gasteiger partial charge in [-0.2, -0.15) is 0 Å². The number of piperazine rings is 1. The molecule has 1 unspecified atom stereocenters. The molecule has 2 fully saturated rings. The predicted octanol–water partition coefficient (Wildman–Crippen LogP) is 2.27. The van der Waals surface area contributed by atoms with Crippen LogP contribution < -0.4 is 4.90 Å². The van der Waals surface area contributed by atoms with Gasteiger partial charge in [-0.15, -0.1) is 0 Å². The van der Waals surface area contributed by atoms with Gasteiger partial charge in [0.15, 0.2) is 0 Å². The van der Waals surface area contributed by atoms with Crippen LogP contribution in [0.5, 0.6) is 5.75 Å². The highest BCUT2D eigenvalue weighted by molar-refractivity contribution is 5.89. The van der Waals surface area contributed by atoms with Crippen molar-refractivity contribution < 1.29 is 14.7 Å². The maximum absolute atomic E-state index is 13.1. The van der Waals surface area contributed by atoms with Gasteiger partial charge in [0.1, 0.15) is 11.8 Å². The molecule has 6 nitrogen and oxygen atoms in total. The second-order valence-corrected chi connectivity index (χ2v) is 7.74. The third-order valence-electron chi connectivity index (χ3n) is 5.84. The first-order valence-corrected chi connectivity index (χ1v) is 10.3. The normalized spacial score (nSPS) is 19.4. The average Bonchev–Trinajstić information content (AvgIpc) is 3.24. The van der Waals surface area contributed by atoms with E-state index < -0.39 is 0 Å². The van der Waals surface area contributed by atoms with Gasteiger partial charge in [0.25, 0.3) is 0 Å². The summed E-state index contributed by atoms with van der Waals surface area (Å²) in [6.07, 6.45) is 1.96. The van der Waals surface area contributed by atoms with E-state index in [1.165, 1.54) is 0 Å². The van der Waals surface area contributed by atoms with Crippen LogP contribution in [-0.4, -0.2) is 65.5 Å². The van der Waals surface area contributed by atoms with Gasteiger partial charge in [0.05, 0.1) is 6.42 Å². The minimum Gasteiger partial charge on any atom is -0.508 e. The number of carbonyl (C=O) groups excluding carboxylic acids is 2. The summed E-state index contributed by atoms with van der Waals surface area (Å²) < 4.78 is 0. The first-order valence-electron chi connectivity index (χ1n) is 10.3. The summed E-state index contributed by atoms with van der Waals surface area (Å²) in [5.41, 5.74) is 1.95. The van der Waals surface area contributed by atoms with Crippen molar-refractivity contribution in [3.8, 4) is 5.75 Å². The Kier molecular flexibility index (Phi) is 5.69.